The molecular weight excluding hydrogens is 170 g/mol. The standard InChI is InChI=1S/C13H13N/c14-13-11-7-3-1-5-9(11)10-6-2-4-8-12(10)13/h1,3-5,7-8,13H,2,6,14H2. The largest absolute Gasteiger partial charge is 0.320 e. The summed E-state index contributed by atoms with van der Waals surface area (Å²) in [7, 11) is 0. The molecule has 1 aromatic carbocycles. The second-order valence-electron chi connectivity index (χ2n) is 3.94. The van der Waals surface area contributed by atoms with Crippen LogP contribution in [0, 0.1) is 0 Å². The lowest BCUT2D eigenvalue weighted by atomic mass is 9.96. The first-order valence-electron chi connectivity index (χ1n) is 5.12. The summed E-state index contributed by atoms with van der Waals surface area (Å²) < 4.78 is 0. The maximum Gasteiger partial charge on any atom is 0.0560 e. The molecule has 3 rings (SSSR count). The molecule has 0 radical (unpaired) electrons. The van der Waals surface area contributed by atoms with E-state index in [0.717, 1.165) is 12.8 Å². The van der Waals surface area contributed by atoms with Gasteiger partial charge < -0.3 is 5.73 Å². The van der Waals surface area contributed by atoms with E-state index in [1.807, 2.05) is 0 Å². The van der Waals surface area contributed by atoms with E-state index in [1.54, 1.807) is 0 Å². The normalized spacial score (nSPS) is 23.6. The van der Waals surface area contributed by atoms with Gasteiger partial charge in [0, 0.05) is 0 Å². The zero-order valence-electron chi connectivity index (χ0n) is 8.03. The highest BCUT2D eigenvalue weighted by Gasteiger charge is 2.27. The number of rotatable bonds is 0. The summed E-state index contributed by atoms with van der Waals surface area (Å²) in [6.45, 7) is 0. The number of hydrogen-bond acceptors (Lipinski definition) is 1. The van der Waals surface area contributed by atoms with Crippen LogP contribution < -0.4 is 5.73 Å². The van der Waals surface area contributed by atoms with Gasteiger partial charge in [-0.25, -0.2) is 0 Å². The summed E-state index contributed by atoms with van der Waals surface area (Å²) in [5.74, 6) is 0. The highest BCUT2D eigenvalue weighted by atomic mass is 14.7. The van der Waals surface area contributed by atoms with Crippen molar-refractivity contribution in [2.24, 2.45) is 5.73 Å². The molecular formula is C13H13N. The second-order valence-corrected chi connectivity index (χ2v) is 3.94. The summed E-state index contributed by atoms with van der Waals surface area (Å²) in [5, 5.41) is 0. The van der Waals surface area contributed by atoms with Crippen molar-refractivity contribution in [3.63, 3.8) is 0 Å². The number of nitrogens with two attached hydrogens (primary N) is 1. The summed E-state index contributed by atoms with van der Waals surface area (Å²) >= 11 is 0. The Morgan fingerprint density at radius 3 is 3.00 bits per heavy atom. The first-order valence-corrected chi connectivity index (χ1v) is 5.12. The molecule has 0 heterocycles. The molecule has 0 spiro atoms. The Bertz CT molecular complexity index is 440. The Labute approximate surface area is 83.9 Å². The first kappa shape index (κ1) is 8.01. The predicted octanol–water partition coefficient (Wildman–Crippen LogP) is 2.80. The minimum absolute atomic E-state index is 0.109. The van der Waals surface area contributed by atoms with Crippen LogP contribution in [-0.4, -0.2) is 0 Å². The van der Waals surface area contributed by atoms with E-state index >= 15 is 0 Å². The van der Waals surface area contributed by atoms with E-state index in [4.69, 9.17) is 5.73 Å². The monoisotopic (exact) mass is 183 g/mol. The van der Waals surface area contributed by atoms with Crippen molar-refractivity contribution in [1.29, 1.82) is 0 Å². The maximum absolute atomic E-state index is 6.19. The van der Waals surface area contributed by atoms with E-state index in [2.05, 4.69) is 36.4 Å². The molecule has 1 heteroatoms. The van der Waals surface area contributed by atoms with E-state index in [9.17, 15) is 0 Å². The fourth-order valence-electron chi connectivity index (χ4n) is 2.48. The molecule has 0 bridgehead atoms. The molecule has 0 aliphatic heterocycles. The average molecular weight is 183 g/mol. The fourth-order valence-corrected chi connectivity index (χ4v) is 2.48. The van der Waals surface area contributed by atoms with Crippen molar-refractivity contribution in [1.82, 2.24) is 0 Å². The Morgan fingerprint density at radius 2 is 2.07 bits per heavy atom. The Balaban J connectivity index is 2.23. The van der Waals surface area contributed by atoms with Gasteiger partial charge in [0.25, 0.3) is 0 Å². The van der Waals surface area contributed by atoms with Gasteiger partial charge in [0.15, 0.2) is 0 Å². The number of benzene rings is 1. The van der Waals surface area contributed by atoms with Crippen molar-refractivity contribution >= 4 is 5.57 Å². The SMILES string of the molecule is NC1C2=C(CCC=C2)c2ccccc21. The molecule has 1 aromatic rings. The summed E-state index contributed by atoms with van der Waals surface area (Å²) in [6, 6.07) is 8.61. The van der Waals surface area contributed by atoms with Crippen LogP contribution in [0.2, 0.25) is 0 Å². The second kappa shape index (κ2) is 2.82. The van der Waals surface area contributed by atoms with E-state index in [-0.39, 0.29) is 6.04 Å². The van der Waals surface area contributed by atoms with Crippen molar-refractivity contribution in [2.45, 2.75) is 18.9 Å². The van der Waals surface area contributed by atoms with Crippen LogP contribution in [0.3, 0.4) is 0 Å². The summed E-state index contributed by atoms with van der Waals surface area (Å²) in [6.07, 6.45) is 6.73. The minimum Gasteiger partial charge on any atom is -0.320 e. The highest BCUT2D eigenvalue weighted by Crippen LogP contribution is 2.43. The van der Waals surface area contributed by atoms with Crippen LogP contribution >= 0.6 is 0 Å². The predicted molar refractivity (Wildman–Crippen MR) is 58.7 cm³/mol. The molecule has 14 heavy (non-hydrogen) atoms. The molecule has 2 aliphatic carbocycles. The van der Waals surface area contributed by atoms with Gasteiger partial charge >= 0.3 is 0 Å². The molecule has 0 fully saturated rings. The van der Waals surface area contributed by atoms with Gasteiger partial charge in [-0.15, -0.1) is 0 Å². The molecule has 70 valence electrons. The van der Waals surface area contributed by atoms with Gasteiger partial charge in [-0.2, -0.15) is 0 Å². The van der Waals surface area contributed by atoms with Crippen molar-refractivity contribution in [2.75, 3.05) is 0 Å². The Hall–Kier alpha value is -1.34. The maximum atomic E-state index is 6.19. The molecule has 2 aliphatic rings. The Kier molecular flexibility index (Phi) is 1.62. The number of fused-ring (bicyclic) bond motifs is 2. The average Bonchev–Trinajstić information content (AvgIpc) is 2.55. The molecule has 2 N–H and O–H groups in total. The molecule has 0 saturated carbocycles. The highest BCUT2D eigenvalue weighted by molar-refractivity contribution is 5.81. The minimum atomic E-state index is 0.109. The summed E-state index contributed by atoms with van der Waals surface area (Å²) in [5.41, 5.74) is 11.7. The molecule has 0 aromatic heterocycles. The molecule has 0 saturated heterocycles. The number of hydrogen-bond donors (Lipinski definition) is 1. The van der Waals surface area contributed by atoms with Crippen LogP contribution in [0.4, 0.5) is 0 Å². The van der Waals surface area contributed by atoms with Gasteiger partial charge in [-0.05, 0) is 35.1 Å². The Morgan fingerprint density at radius 1 is 1.21 bits per heavy atom. The molecule has 1 nitrogen and oxygen atoms in total. The third kappa shape index (κ3) is 0.933. The van der Waals surface area contributed by atoms with Crippen LogP contribution in [-0.2, 0) is 0 Å². The van der Waals surface area contributed by atoms with Crippen LogP contribution in [0.25, 0.3) is 5.57 Å². The summed E-state index contributed by atoms with van der Waals surface area (Å²) in [4.78, 5) is 0. The number of allylic oxidation sites excluding steroid dienone is 2. The van der Waals surface area contributed by atoms with Crippen LogP contribution in [0.15, 0.2) is 42.0 Å². The van der Waals surface area contributed by atoms with E-state index in [0.29, 0.717) is 0 Å². The topological polar surface area (TPSA) is 26.0 Å². The van der Waals surface area contributed by atoms with Gasteiger partial charge in [-0.3, -0.25) is 0 Å². The quantitative estimate of drug-likeness (QED) is 0.657. The first-order chi connectivity index (χ1) is 6.88. The molecule has 1 atom stereocenters. The van der Waals surface area contributed by atoms with Gasteiger partial charge in [0.05, 0.1) is 6.04 Å². The third-order valence-corrected chi connectivity index (χ3v) is 3.16. The third-order valence-electron chi connectivity index (χ3n) is 3.16. The smallest absolute Gasteiger partial charge is 0.0560 e. The van der Waals surface area contributed by atoms with Gasteiger partial charge in [0.1, 0.15) is 0 Å². The lowest BCUT2D eigenvalue weighted by Gasteiger charge is -2.10. The lowest BCUT2D eigenvalue weighted by molar-refractivity contribution is 0.882. The van der Waals surface area contributed by atoms with Crippen molar-refractivity contribution < 1.29 is 0 Å². The van der Waals surface area contributed by atoms with Crippen molar-refractivity contribution in [3.8, 4) is 0 Å². The van der Waals surface area contributed by atoms with E-state index in [1.165, 1.54) is 22.3 Å². The zero-order chi connectivity index (χ0) is 9.54. The van der Waals surface area contributed by atoms with Crippen LogP contribution in [0.1, 0.15) is 30.0 Å². The van der Waals surface area contributed by atoms with E-state index < -0.39 is 0 Å². The van der Waals surface area contributed by atoms with Gasteiger partial charge in [-0.1, -0.05) is 36.4 Å². The van der Waals surface area contributed by atoms with Crippen molar-refractivity contribution in [3.05, 3.63) is 53.1 Å². The van der Waals surface area contributed by atoms with Crippen LogP contribution in [0.5, 0.6) is 0 Å². The zero-order valence-corrected chi connectivity index (χ0v) is 8.03. The molecule has 1 unspecified atom stereocenters. The van der Waals surface area contributed by atoms with Gasteiger partial charge in [0.2, 0.25) is 0 Å². The fraction of sp³-hybridized carbons (Fsp3) is 0.231. The molecule has 0 amide bonds. The lowest BCUT2D eigenvalue weighted by Crippen LogP contribution is -2.09.